The summed E-state index contributed by atoms with van der Waals surface area (Å²) in [5.41, 5.74) is 7.34. The van der Waals surface area contributed by atoms with Crippen molar-refractivity contribution in [3.63, 3.8) is 0 Å². The fourth-order valence-corrected chi connectivity index (χ4v) is 3.47. The van der Waals surface area contributed by atoms with Crippen LogP contribution in [0.1, 0.15) is 11.3 Å². The maximum absolute atomic E-state index is 12.3. The van der Waals surface area contributed by atoms with Gasteiger partial charge >= 0.3 is 4.87 Å². The normalized spacial score (nSPS) is 11.5. The Morgan fingerprint density at radius 3 is 2.71 bits per heavy atom. The molecule has 0 bridgehead atoms. The molecule has 114 valence electrons. The summed E-state index contributed by atoms with van der Waals surface area (Å²) >= 11 is 0.972. The fourth-order valence-electron chi connectivity index (χ4n) is 1.70. The Balaban J connectivity index is 2.30. The molecular formula is C12H15N3O4S2. The van der Waals surface area contributed by atoms with Gasteiger partial charge in [-0.15, -0.1) is 0 Å². The number of anilines is 1. The van der Waals surface area contributed by atoms with Crippen molar-refractivity contribution in [3.05, 3.63) is 38.4 Å². The van der Waals surface area contributed by atoms with E-state index in [1.54, 1.807) is 18.4 Å². The zero-order valence-corrected chi connectivity index (χ0v) is 13.1. The largest absolute Gasteiger partial charge is 0.495 e. The minimum absolute atomic E-state index is 0.0159. The van der Waals surface area contributed by atoms with Gasteiger partial charge in [-0.25, -0.2) is 13.1 Å². The van der Waals surface area contributed by atoms with Crippen molar-refractivity contribution in [2.24, 2.45) is 0 Å². The lowest BCUT2D eigenvalue weighted by Crippen LogP contribution is -2.24. The van der Waals surface area contributed by atoms with E-state index in [1.807, 2.05) is 0 Å². The molecule has 2 aromatic rings. The van der Waals surface area contributed by atoms with Crippen LogP contribution in [0.25, 0.3) is 0 Å². The highest BCUT2D eigenvalue weighted by Gasteiger charge is 2.20. The van der Waals surface area contributed by atoms with Crippen LogP contribution < -0.4 is 20.1 Å². The first-order chi connectivity index (χ1) is 9.83. The summed E-state index contributed by atoms with van der Waals surface area (Å²) in [4.78, 5) is 13.3. The van der Waals surface area contributed by atoms with Gasteiger partial charge in [0.2, 0.25) is 10.0 Å². The monoisotopic (exact) mass is 329 g/mol. The van der Waals surface area contributed by atoms with Crippen molar-refractivity contribution in [1.82, 2.24) is 9.71 Å². The second-order valence-corrected chi connectivity index (χ2v) is 6.94. The summed E-state index contributed by atoms with van der Waals surface area (Å²) < 4.78 is 32.1. The maximum atomic E-state index is 12.3. The standard InChI is InChI=1S/C12H15N3O4S2/c1-7-3-10(19-2)11(4-9(7)13)21(17,18)14-5-8-6-20-12(16)15-8/h3-4,6,14H,5,13H2,1-2H3,(H,15,16). The van der Waals surface area contributed by atoms with Crippen molar-refractivity contribution in [2.75, 3.05) is 12.8 Å². The third-order valence-electron chi connectivity index (χ3n) is 2.87. The predicted octanol–water partition coefficient (Wildman–Crippen LogP) is 0.814. The number of aryl methyl sites for hydroxylation is 1. The molecule has 0 aliphatic carbocycles. The number of hydrogen-bond donors (Lipinski definition) is 3. The number of H-pyrrole nitrogens is 1. The van der Waals surface area contributed by atoms with Crippen LogP contribution in [0.4, 0.5) is 5.69 Å². The van der Waals surface area contributed by atoms with Gasteiger partial charge < -0.3 is 15.5 Å². The van der Waals surface area contributed by atoms with Gasteiger partial charge in [0.25, 0.3) is 0 Å². The summed E-state index contributed by atoms with van der Waals surface area (Å²) in [6, 6.07) is 2.92. The molecule has 9 heteroatoms. The lowest BCUT2D eigenvalue weighted by atomic mass is 10.2. The lowest BCUT2D eigenvalue weighted by Gasteiger charge is -2.12. The number of benzene rings is 1. The summed E-state index contributed by atoms with van der Waals surface area (Å²) in [6.07, 6.45) is 0. The zero-order chi connectivity index (χ0) is 15.6. The third kappa shape index (κ3) is 3.43. The minimum Gasteiger partial charge on any atom is -0.495 e. The van der Waals surface area contributed by atoms with Gasteiger partial charge in [0, 0.05) is 16.8 Å². The Morgan fingerprint density at radius 1 is 1.43 bits per heavy atom. The second kappa shape index (κ2) is 5.88. The first-order valence-electron chi connectivity index (χ1n) is 5.94. The summed E-state index contributed by atoms with van der Waals surface area (Å²) in [6.45, 7) is 1.75. The SMILES string of the molecule is COc1cc(C)c(N)cc1S(=O)(=O)NCc1csc(=O)[nH]1. The molecule has 4 N–H and O–H groups in total. The van der Waals surface area contributed by atoms with Crippen LogP contribution in [0.15, 0.2) is 27.2 Å². The Bertz CT molecular complexity index is 808. The first kappa shape index (κ1) is 15.5. The van der Waals surface area contributed by atoms with Gasteiger partial charge in [-0.05, 0) is 24.6 Å². The average molecular weight is 329 g/mol. The number of methoxy groups -OCH3 is 1. The second-order valence-electron chi connectivity index (χ2n) is 4.36. The highest BCUT2D eigenvalue weighted by molar-refractivity contribution is 7.89. The molecule has 1 aromatic carbocycles. The molecule has 7 nitrogen and oxygen atoms in total. The summed E-state index contributed by atoms with van der Waals surface area (Å²) in [5, 5.41) is 1.56. The fraction of sp³-hybridized carbons (Fsp3) is 0.250. The number of nitrogens with one attached hydrogen (secondary N) is 2. The molecule has 0 atom stereocenters. The third-order valence-corrected chi connectivity index (χ3v) is 5.01. The van der Waals surface area contributed by atoms with Crippen LogP contribution in [0, 0.1) is 6.92 Å². The van der Waals surface area contributed by atoms with Crippen LogP contribution in [0.3, 0.4) is 0 Å². The van der Waals surface area contributed by atoms with Gasteiger partial charge in [-0.3, -0.25) is 4.79 Å². The number of thiazole rings is 1. The quantitative estimate of drug-likeness (QED) is 0.703. The molecule has 0 spiro atoms. The van der Waals surface area contributed by atoms with Crippen LogP contribution in [-0.2, 0) is 16.6 Å². The minimum atomic E-state index is -3.80. The van der Waals surface area contributed by atoms with E-state index in [1.165, 1.54) is 13.2 Å². The Morgan fingerprint density at radius 2 is 2.14 bits per heavy atom. The van der Waals surface area contributed by atoms with Gasteiger partial charge in [0.15, 0.2) is 0 Å². The molecule has 1 aromatic heterocycles. The van der Waals surface area contributed by atoms with Gasteiger partial charge in [-0.2, -0.15) is 0 Å². The number of aromatic nitrogens is 1. The van der Waals surface area contributed by atoms with Crippen LogP contribution in [0.2, 0.25) is 0 Å². The predicted molar refractivity (Wildman–Crippen MR) is 81.1 cm³/mol. The molecule has 0 aliphatic rings. The van der Waals surface area contributed by atoms with Gasteiger partial charge in [-0.1, -0.05) is 11.3 Å². The Labute approximate surface area is 125 Å². The highest BCUT2D eigenvalue weighted by Crippen LogP contribution is 2.28. The highest BCUT2D eigenvalue weighted by atomic mass is 32.2. The summed E-state index contributed by atoms with van der Waals surface area (Å²) in [5.74, 6) is 0.216. The van der Waals surface area contributed by atoms with Gasteiger partial charge in [0.1, 0.15) is 10.6 Å². The molecular weight excluding hydrogens is 314 g/mol. The maximum Gasteiger partial charge on any atom is 0.304 e. The van der Waals surface area contributed by atoms with E-state index in [2.05, 4.69) is 9.71 Å². The van der Waals surface area contributed by atoms with Crippen molar-refractivity contribution >= 4 is 27.0 Å². The van der Waals surface area contributed by atoms with E-state index in [0.29, 0.717) is 11.4 Å². The van der Waals surface area contributed by atoms with Crippen molar-refractivity contribution in [1.29, 1.82) is 0 Å². The average Bonchev–Trinajstić information content (AvgIpc) is 2.85. The van der Waals surface area contributed by atoms with Crippen LogP contribution >= 0.6 is 11.3 Å². The van der Waals surface area contributed by atoms with Crippen LogP contribution in [0.5, 0.6) is 5.75 Å². The number of rotatable bonds is 5. The molecule has 0 aliphatic heterocycles. The number of ether oxygens (including phenoxy) is 1. The molecule has 0 unspecified atom stereocenters. The number of aromatic amines is 1. The van der Waals surface area contributed by atoms with Crippen LogP contribution in [-0.4, -0.2) is 20.5 Å². The van der Waals surface area contributed by atoms with E-state index in [0.717, 1.165) is 16.9 Å². The number of nitrogens with two attached hydrogens (primary N) is 1. The molecule has 0 fully saturated rings. The molecule has 2 rings (SSSR count). The smallest absolute Gasteiger partial charge is 0.304 e. The molecule has 21 heavy (non-hydrogen) atoms. The van der Waals surface area contributed by atoms with Crippen molar-refractivity contribution in [2.45, 2.75) is 18.4 Å². The topological polar surface area (TPSA) is 114 Å². The molecule has 0 saturated heterocycles. The van der Waals surface area contributed by atoms with Gasteiger partial charge in [0.05, 0.1) is 13.7 Å². The van der Waals surface area contributed by atoms with E-state index in [4.69, 9.17) is 10.5 Å². The molecule has 0 saturated carbocycles. The first-order valence-corrected chi connectivity index (χ1v) is 8.30. The van der Waals surface area contributed by atoms with E-state index in [-0.39, 0.29) is 22.1 Å². The van der Waals surface area contributed by atoms with E-state index in [9.17, 15) is 13.2 Å². The molecule has 1 heterocycles. The molecule has 0 amide bonds. The van der Waals surface area contributed by atoms with Crippen molar-refractivity contribution in [3.8, 4) is 5.75 Å². The number of nitrogen functional groups attached to an aromatic ring is 1. The summed E-state index contributed by atoms with van der Waals surface area (Å²) in [7, 11) is -2.41. The van der Waals surface area contributed by atoms with Crippen molar-refractivity contribution < 1.29 is 13.2 Å². The molecule has 0 radical (unpaired) electrons. The Kier molecular flexibility index (Phi) is 4.35. The number of hydrogen-bond acceptors (Lipinski definition) is 6. The lowest BCUT2D eigenvalue weighted by molar-refractivity contribution is 0.402. The zero-order valence-electron chi connectivity index (χ0n) is 11.5. The number of sulfonamides is 1. The Hall–Kier alpha value is -1.84. The van der Waals surface area contributed by atoms with E-state index < -0.39 is 10.0 Å². The van der Waals surface area contributed by atoms with E-state index >= 15 is 0 Å².